The number of benzene rings is 1. The summed E-state index contributed by atoms with van der Waals surface area (Å²) in [6, 6.07) is 5.38. The van der Waals surface area contributed by atoms with Crippen molar-refractivity contribution in [2.75, 3.05) is 41.1 Å². The van der Waals surface area contributed by atoms with Crippen LogP contribution in [0.3, 0.4) is 0 Å². The molecule has 0 heterocycles. The summed E-state index contributed by atoms with van der Waals surface area (Å²) in [6.07, 6.45) is 0.491. The molecule has 33 heavy (non-hydrogen) atoms. The second-order valence-electron chi connectivity index (χ2n) is 8.62. The number of nitrogens with two attached hydrogens (primary N) is 1. The van der Waals surface area contributed by atoms with Gasteiger partial charge in [0.05, 0.1) is 26.4 Å². The number of carbonyl (C=O) groups excluding carboxylic acids is 1. The monoisotopic (exact) mass is 488 g/mol. The van der Waals surface area contributed by atoms with Gasteiger partial charge in [-0.15, -0.1) is 0 Å². The molecule has 1 rings (SSSR count). The number of aliphatic hydroxyl groups is 1. The van der Waals surface area contributed by atoms with Crippen molar-refractivity contribution in [1.29, 1.82) is 0 Å². The van der Waals surface area contributed by atoms with Crippen LogP contribution in [0.4, 0.5) is 0 Å². The maximum absolute atomic E-state index is 12.1. The number of hydrogen-bond donors (Lipinski definition) is 2. The number of carbonyl (C=O) groups is 1. The molecule has 3 N–H and O–H groups in total. The first-order valence-corrected chi connectivity index (χ1v) is 11.7. The summed E-state index contributed by atoms with van der Waals surface area (Å²) in [5.41, 5.74) is 7.40. The minimum absolute atomic E-state index is 0.0674. The molecule has 0 aliphatic heterocycles. The summed E-state index contributed by atoms with van der Waals surface area (Å²) in [5.74, 6) is 1.51. The Morgan fingerprint density at radius 1 is 1.15 bits per heavy atom. The first kappa shape index (κ1) is 29.5. The van der Waals surface area contributed by atoms with Gasteiger partial charge >= 0.3 is 0 Å². The Morgan fingerprint density at radius 3 is 2.42 bits per heavy atom. The smallest absolute Gasteiger partial charge is 0.265 e. The first-order chi connectivity index (χ1) is 15.6. The maximum atomic E-state index is 12.1. The van der Waals surface area contributed by atoms with Gasteiger partial charge in [-0.05, 0) is 49.3 Å². The molecule has 1 amide bonds. The van der Waals surface area contributed by atoms with E-state index in [1.807, 2.05) is 18.2 Å². The van der Waals surface area contributed by atoms with Gasteiger partial charge in [0.25, 0.3) is 5.91 Å². The van der Waals surface area contributed by atoms with E-state index >= 15 is 0 Å². The molecule has 190 valence electrons. The summed E-state index contributed by atoms with van der Waals surface area (Å²) in [4.78, 5) is 12.1. The van der Waals surface area contributed by atoms with Gasteiger partial charge in [-0.25, -0.2) is 4.42 Å². The fourth-order valence-electron chi connectivity index (χ4n) is 3.43. The van der Waals surface area contributed by atoms with Crippen LogP contribution in [0.15, 0.2) is 18.2 Å². The maximum Gasteiger partial charge on any atom is 0.265 e. The SMILES string of the molecule is COCCCOc1cc(C[C@@H](C[C@H](N)[C@@H](O)CN(Cl)C(=O)[C@H](C)OC)C(C)C)ccc1OC. The van der Waals surface area contributed by atoms with Crippen molar-refractivity contribution in [2.45, 2.75) is 58.3 Å². The second kappa shape index (κ2) is 15.3. The molecule has 8 nitrogen and oxygen atoms in total. The molecular weight excluding hydrogens is 448 g/mol. The zero-order valence-corrected chi connectivity index (χ0v) is 21.5. The number of hydrogen-bond acceptors (Lipinski definition) is 7. The van der Waals surface area contributed by atoms with Gasteiger partial charge in [0.2, 0.25) is 0 Å². The highest BCUT2D eigenvalue weighted by Gasteiger charge is 2.27. The topological polar surface area (TPSA) is 103 Å². The van der Waals surface area contributed by atoms with Gasteiger partial charge in [0.1, 0.15) is 6.10 Å². The summed E-state index contributed by atoms with van der Waals surface area (Å²) < 4.78 is 22.3. The molecule has 0 saturated heterocycles. The lowest BCUT2D eigenvalue weighted by Crippen LogP contribution is -2.45. The lowest BCUT2D eigenvalue weighted by Gasteiger charge is -2.29. The molecule has 0 aromatic heterocycles. The molecule has 0 radical (unpaired) electrons. The molecule has 0 bridgehead atoms. The minimum atomic E-state index is -0.952. The molecule has 0 unspecified atom stereocenters. The number of rotatable bonds is 16. The zero-order valence-electron chi connectivity index (χ0n) is 20.8. The molecule has 0 fully saturated rings. The number of halogens is 1. The summed E-state index contributed by atoms with van der Waals surface area (Å²) in [6.45, 7) is 6.96. The Labute approximate surface area is 203 Å². The lowest BCUT2D eigenvalue weighted by molar-refractivity contribution is -0.137. The van der Waals surface area contributed by atoms with Crippen molar-refractivity contribution in [1.82, 2.24) is 4.42 Å². The summed E-state index contributed by atoms with van der Waals surface area (Å²) >= 11 is 6.03. The fraction of sp³-hybridized carbons (Fsp3) is 0.708. The largest absolute Gasteiger partial charge is 0.493 e. The Kier molecular flexibility index (Phi) is 13.7. The van der Waals surface area contributed by atoms with E-state index in [1.165, 1.54) is 7.11 Å². The van der Waals surface area contributed by atoms with E-state index in [-0.39, 0.29) is 12.5 Å². The van der Waals surface area contributed by atoms with E-state index in [9.17, 15) is 9.90 Å². The standard InChI is InChI=1S/C24H41ClN2O6/c1-16(2)19(14-20(26)21(28)15-27(25)24(29)17(3)31-5)12-18-8-9-22(32-6)23(13-18)33-11-7-10-30-4/h8-9,13,16-17,19-21,28H,7,10-12,14-15,26H2,1-6H3/t17-,19-,20-,21-/m0/s1. The summed E-state index contributed by atoms with van der Waals surface area (Å²) in [5, 5.41) is 10.6. The number of amides is 1. The van der Waals surface area contributed by atoms with E-state index in [1.54, 1.807) is 21.1 Å². The van der Waals surface area contributed by atoms with Crippen LogP contribution in [0.1, 0.15) is 39.2 Å². The van der Waals surface area contributed by atoms with E-state index in [2.05, 4.69) is 13.8 Å². The van der Waals surface area contributed by atoms with Crippen LogP contribution < -0.4 is 15.2 Å². The number of ether oxygens (including phenoxy) is 4. The highest BCUT2D eigenvalue weighted by molar-refractivity contribution is 6.21. The van der Waals surface area contributed by atoms with Crippen molar-refractivity contribution in [3.05, 3.63) is 23.8 Å². The predicted octanol–water partition coefficient (Wildman–Crippen LogP) is 3.02. The third-order valence-corrected chi connectivity index (χ3v) is 6.08. The molecule has 0 aliphatic rings. The van der Waals surface area contributed by atoms with E-state index in [0.717, 1.165) is 22.8 Å². The van der Waals surface area contributed by atoms with Gasteiger partial charge in [0.15, 0.2) is 11.5 Å². The van der Waals surface area contributed by atoms with Crippen LogP contribution >= 0.6 is 11.8 Å². The van der Waals surface area contributed by atoms with Gasteiger partial charge in [-0.1, -0.05) is 19.9 Å². The first-order valence-electron chi connectivity index (χ1n) is 11.4. The Morgan fingerprint density at radius 2 is 1.85 bits per heavy atom. The van der Waals surface area contributed by atoms with Gasteiger partial charge in [-0.3, -0.25) is 4.79 Å². The van der Waals surface area contributed by atoms with Crippen molar-refractivity contribution >= 4 is 17.7 Å². The predicted molar refractivity (Wildman–Crippen MR) is 130 cm³/mol. The minimum Gasteiger partial charge on any atom is -0.493 e. The highest BCUT2D eigenvalue weighted by atomic mass is 35.5. The number of methoxy groups -OCH3 is 3. The van der Waals surface area contributed by atoms with E-state index < -0.39 is 24.2 Å². The average Bonchev–Trinajstić information content (AvgIpc) is 2.80. The van der Waals surface area contributed by atoms with Crippen molar-refractivity contribution in [2.24, 2.45) is 17.6 Å². The van der Waals surface area contributed by atoms with Crippen LogP contribution in [0, 0.1) is 11.8 Å². The lowest BCUT2D eigenvalue weighted by atomic mass is 9.83. The van der Waals surface area contributed by atoms with Crippen LogP contribution in [0.5, 0.6) is 11.5 Å². The Hall–Kier alpha value is -1.58. The second-order valence-corrected chi connectivity index (χ2v) is 9.02. The van der Waals surface area contributed by atoms with Crippen LogP contribution in [0.2, 0.25) is 0 Å². The van der Waals surface area contributed by atoms with Gasteiger partial charge in [-0.2, -0.15) is 0 Å². The molecule has 9 heteroatoms. The van der Waals surface area contributed by atoms with Crippen LogP contribution in [0.25, 0.3) is 0 Å². The normalized spacial score (nSPS) is 15.1. The molecule has 0 aliphatic carbocycles. The molecule has 1 aromatic carbocycles. The quantitative estimate of drug-likeness (QED) is 0.272. The third-order valence-electron chi connectivity index (χ3n) is 5.78. The van der Waals surface area contributed by atoms with Crippen molar-refractivity contribution < 1.29 is 28.8 Å². The zero-order chi connectivity index (χ0) is 25.0. The van der Waals surface area contributed by atoms with Crippen LogP contribution in [-0.4, -0.2) is 74.8 Å². The van der Waals surface area contributed by atoms with Crippen molar-refractivity contribution in [3.63, 3.8) is 0 Å². The van der Waals surface area contributed by atoms with Crippen LogP contribution in [-0.2, 0) is 20.7 Å². The molecular formula is C24H41ClN2O6. The average molecular weight is 489 g/mol. The third kappa shape index (κ3) is 10.1. The van der Waals surface area contributed by atoms with E-state index in [0.29, 0.717) is 37.1 Å². The van der Waals surface area contributed by atoms with Gasteiger partial charge < -0.3 is 29.8 Å². The molecule has 1 aromatic rings. The Balaban J connectivity index is 2.80. The molecule has 0 saturated carbocycles. The fourth-order valence-corrected chi connectivity index (χ4v) is 3.71. The highest BCUT2D eigenvalue weighted by Crippen LogP contribution is 2.31. The summed E-state index contributed by atoms with van der Waals surface area (Å²) in [7, 11) is 4.71. The van der Waals surface area contributed by atoms with Crippen molar-refractivity contribution in [3.8, 4) is 11.5 Å². The number of aliphatic hydroxyl groups excluding tert-OH is 1. The molecule has 0 spiro atoms. The molecule has 4 atom stereocenters. The Bertz CT molecular complexity index is 706. The van der Waals surface area contributed by atoms with Gasteiger partial charge in [0, 0.05) is 45.1 Å². The number of nitrogens with zero attached hydrogens (tertiary/aromatic N) is 1. The van der Waals surface area contributed by atoms with E-state index in [4.69, 9.17) is 36.5 Å².